The van der Waals surface area contributed by atoms with Crippen LogP contribution in [0, 0.1) is 5.92 Å². The number of benzene rings is 1. The summed E-state index contributed by atoms with van der Waals surface area (Å²) < 4.78 is 2.04. The first kappa shape index (κ1) is 14.6. The molecule has 1 aliphatic rings. The topological polar surface area (TPSA) is 38.0 Å². The Hall–Kier alpha value is -1.35. The normalized spacial score (nSPS) is 18.2. The lowest BCUT2D eigenvalue weighted by molar-refractivity contribution is 0.129. The number of fused-ring (bicyclic) bond motifs is 1. The maximum absolute atomic E-state index is 10.4. The molecule has 0 aliphatic heterocycles. The van der Waals surface area contributed by atoms with Gasteiger partial charge in [-0.2, -0.15) is 5.10 Å². The summed E-state index contributed by atoms with van der Waals surface area (Å²) in [5.41, 5.74) is 2.23. The van der Waals surface area contributed by atoms with Crippen LogP contribution in [0.1, 0.15) is 51.1 Å². The summed E-state index contributed by atoms with van der Waals surface area (Å²) >= 11 is 0. The van der Waals surface area contributed by atoms with Gasteiger partial charge in [-0.3, -0.25) is 4.68 Å². The lowest BCUT2D eigenvalue weighted by atomic mass is 9.84. The molecule has 1 fully saturated rings. The summed E-state index contributed by atoms with van der Waals surface area (Å²) in [5.74, 6) is 0.716. The predicted molar refractivity (Wildman–Crippen MR) is 86.3 cm³/mol. The van der Waals surface area contributed by atoms with Crippen LogP contribution in [0.15, 0.2) is 24.3 Å². The average molecular weight is 286 g/mol. The highest BCUT2D eigenvalue weighted by atomic mass is 16.3. The minimum Gasteiger partial charge on any atom is -0.393 e. The van der Waals surface area contributed by atoms with Gasteiger partial charge in [0.25, 0.3) is 0 Å². The first-order chi connectivity index (χ1) is 10.3. The fraction of sp³-hybridized carbons (Fsp3) is 0.611. The second-order valence-electron chi connectivity index (χ2n) is 6.38. The maximum atomic E-state index is 10.4. The second-order valence-corrected chi connectivity index (χ2v) is 6.38. The number of aryl methyl sites for hydroxylation is 1. The van der Waals surface area contributed by atoms with Crippen LogP contribution in [0.2, 0.25) is 0 Å². The van der Waals surface area contributed by atoms with Gasteiger partial charge in [0.15, 0.2) is 0 Å². The number of para-hydroxylation sites is 1. The average Bonchev–Trinajstić information content (AvgIpc) is 2.86. The summed E-state index contributed by atoms with van der Waals surface area (Å²) in [6.07, 6.45) is 8.00. The molecule has 3 heteroatoms. The number of hydrogen-bond donors (Lipinski definition) is 1. The van der Waals surface area contributed by atoms with Crippen molar-refractivity contribution in [3.8, 4) is 0 Å². The summed E-state index contributed by atoms with van der Waals surface area (Å²) in [4.78, 5) is 0. The SMILES string of the molecule is CCn1nc(CC(O)CC2CCCCC2)c2ccccc21. The Morgan fingerprint density at radius 1 is 1.24 bits per heavy atom. The summed E-state index contributed by atoms with van der Waals surface area (Å²) in [6.45, 7) is 2.99. The molecule has 1 N–H and O–H groups in total. The van der Waals surface area contributed by atoms with Gasteiger partial charge in [0.2, 0.25) is 0 Å². The van der Waals surface area contributed by atoms with Crippen molar-refractivity contribution in [1.29, 1.82) is 0 Å². The molecule has 1 atom stereocenters. The molecule has 1 aromatic heterocycles. The molecule has 1 unspecified atom stereocenters. The number of hydrogen-bond acceptors (Lipinski definition) is 2. The Labute approximate surface area is 127 Å². The minimum atomic E-state index is -0.253. The number of rotatable bonds is 5. The molecule has 2 aromatic rings. The Morgan fingerprint density at radius 2 is 2.00 bits per heavy atom. The van der Waals surface area contributed by atoms with Gasteiger partial charge in [-0.1, -0.05) is 50.3 Å². The Morgan fingerprint density at radius 3 is 2.76 bits per heavy atom. The van der Waals surface area contributed by atoms with E-state index in [0.717, 1.165) is 18.7 Å². The van der Waals surface area contributed by atoms with Crippen molar-refractivity contribution in [2.45, 2.75) is 64.5 Å². The first-order valence-electron chi connectivity index (χ1n) is 8.40. The Kier molecular flexibility index (Phi) is 4.59. The van der Waals surface area contributed by atoms with E-state index in [2.05, 4.69) is 31.2 Å². The van der Waals surface area contributed by atoms with E-state index in [-0.39, 0.29) is 6.10 Å². The van der Waals surface area contributed by atoms with Gasteiger partial charge in [-0.25, -0.2) is 0 Å². The predicted octanol–water partition coefficient (Wildman–Crippen LogP) is 3.93. The molecular weight excluding hydrogens is 260 g/mol. The smallest absolute Gasteiger partial charge is 0.0729 e. The van der Waals surface area contributed by atoms with Gasteiger partial charge in [-0.15, -0.1) is 0 Å². The third-order valence-corrected chi connectivity index (χ3v) is 4.79. The van der Waals surface area contributed by atoms with E-state index in [1.165, 1.54) is 43.0 Å². The van der Waals surface area contributed by atoms with Crippen LogP contribution in [-0.2, 0) is 13.0 Å². The van der Waals surface area contributed by atoms with Crippen molar-refractivity contribution in [2.24, 2.45) is 5.92 Å². The molecule has 3 nitrogen and oxygen atoms in total. The molecule has 1 saturated carbocycles. The molecule has 0 radical (unpaired) electrons. The molecule has 1 aromatic carbocycles. The quantitative estimate of drug-likeness (QED) is 0.904. The van der Waals surface area contributed by atoms with Gasteiger partial charge in [0.1, 0.15) is 0 Å². The highest BCUT2D eigenvalue weighted by Crippen LogP contribution is 2.28. The van der Waals surface area contributed by atoms with E-state index in [9.17, 15) is 5.11 Å². The fourth-order valence-corrected chi connectivity index (χ4v) is 3.70. The zero-order valence-electron chi connectivity index (χ0n) is 13.0. The van der Waals surface area contributed by atoms with Crippen LogP contribution in [0.3, 0.4) is 0 Å². The maximum Gasteiger partial charge on any atom is 0.0729 e. The van der Waals surface area contributed by atoms with E-state index in [4.69, 9.17) is 5.10 Å². The summed E-state index contributed by atoms with van der Waals surface area (Å²) in [7, 11) is 0. The van der Waals surface area contributed by atoms with Crippen LogP contribution in [-0.4, -0.2) is 21.0 Å². The summed E-state index contributed by atoms with van der Waals surface area (Å²) in [5, 5.41) is 16.3. The van der Waals surface area contributed by atoms with Crippen molar-refractivity contribution >= 4 is 10.9 Å². The van der Waals surface area contributed by atoms with E-state index < -0.39 is 0 Å². The molecule has 3 rings (SSSR count). The molecule has 1 aliphatic carbocycles. The van der Waals surface area contributed by atoms with Gasteiger partial charge >= 0.3 is 0 Å². The first-order valence-corrected chi connectivity index (χ1v) is 8.40. The summed E-state index contributed by atoms with van der Waals surface area (Å²) in [6, 6.07) is 8.35. The van der Waals surface area contributed by atoms with E-state index in [1.807, 2.05) is 4.68 Å². The molecule has 0 saturated heterocycles. The second kappa shape index (κ2) is 6.61. The number of aliphatic hydroxyl groups is 1. The van der Waals surface area contributed by atoms with E-state index >= 15 is 0 Å². The lowest BCUT2D eigenvalue weighted by Crippen LogP contribution is -2.18. The molecule has 21 heavy (non-hydrogen) atoms. The van der Waals surface area contributed by atoms with Gasteiger partial charge in [0.05, 0.1) is 17.3 Å². The van der Waals surface area contributed by atoms with Crippen molar-refractivity contribution in [3.63, 3.8) is 0 Å². The van der Waals surface area contributed by atoms with Crippen LogP contribution in [0.25, 0.3) is 10.9 Å². The highest BCUT2D eigenvalue weighted by molar-refractivity contribution is 5.81. The van der Waals surface area contributed by atoms with Crippen molar-refractivity contribution in [2.75, 3.05) is 0 Å². The Bertz CT molecular complexity index is 584. The van der Waals surface area contributed by atoms with Crippen LogP contribution in [0.5, 0.6) is 0 Å². The van der Waals surface area contributed by atoms with Gasteiger partial charge in [-0.05, 0) is 25.3 Å². The van der Waals surface area contributed by atoms with Crippen molar-refractivity contribution in [1.82, 2.24) is 9.78 Å². The zero-order valence-corrected chi connectivity index (χ0v) is 13.0. The lowest BCUT2D eigenvalue weighted by Gasteiger charge is -2.23. The van der Waals surface area contributed by atoms with Crippen molar-refractivity contribution < 1.29 is 5.11 Å². The van der Waals surface area contributed by atoms with Crippen molar-refractivity contribution in [3.05, 3.63) is 30.0 Å². The van der Waals surface area contributed by atoms with Crippen LogP contribution in [0.4, 0.5) is 0 Å². The van der Waals surface area contributed by atoms with E-state index in [0.29, 0.717) is 12.3 Å². The van der Waals surface area contributed by atoms with E-state index in [1.54, 1.807) is 0 Å². The highest BCUT2D eigenvalue weighted by Gasteiger charge is 2.19. The largest absolute Gasteiger partial charge is 0.393 e. The standard InChI is InChI=1S/C18H26N2O/c1-2-20-18-11-7-6-10-16(18)17(19-20)13-15(21)12-14-8-4-3-5-9-14/h6-7,10-11,14-15,21H,2-5,8-9,12-13H2,1H3. The minimum absolute atomic E-state index is 0.253. The number of nitrogens with zero attached hydrogens (tertiary/aromatic N) is 2. The monoisotopic (exact) mass is 286 g/mol. The molecule has 0 bridgehead atoms. The Balaban J connectivity index is 1.71. The van der Waals surface area contributed by atoms with Crippen LogP contribution >= 0.6 is 0 Å². The third-order valence-electron chi connectivity index (χ3n) is 4.79. The molecule has 1 heterocycles. The molecular formula is C18H26N2O. The fourth-order valence-electron chi connectivity index (χ4n) is 3.70. The third kappa shape index (κ3) is 3.29. The zero-order chi connectivity index (χ0) is 14.7. The molecule has 114 valence electrons. The molecule has 0 amide bonds. The van der Waals surface area contributed by atoms with Gasteiger partial charge < -0.3 is 5.11 Å². The molecule has 0 spiro atoms. The number of aromatic nitrogens is 2. The van der Waals surface area contributed by atoms with Crippen LogP contribution < -0.4 is 0 Å². The van der Waals surface area contributed by atoms with Gasteiger partial charge in [0, 0.05) is 18.4 Å². The number of aliphatic hydroxyl groups excluding tert-OH is 1.